The molecule has 1 aliphatic heterocycles. The fourth-order valence-corrected chi connectivity index (χ4v) is 12.3. The molecule has 6 rings (SSSR count). The lowest BCUT2D eigenvalue weighted by Gasteiger charge is -2.70. The lowest BCUT2D eigenvalue weighted by Crippen LogP contribution is -2.64. The van der Waals surface area contributed by atoms with Crippen LogP contribution < -0.4 is 0 Å². The third-order valence-electron chi connectivity index (χ3n) is 14.9. The van der Waals surface area contributed by atoms with Crippen LogP contribution in [0, 0.1) is 45.3 Å². The van der Waals surface area contributed by atoms with E-state index in [0.29, 0.717) is 29.2 Å². The Hall–Kier alpha value is -2.05. The second kappa shape index (κ2) is 10.7. The number of benzene rings is 1. The van der Waals surface area contributed by atoms with E-state index in [9.17, 15) is 20.1 Å². The molecule has 5 fully saturated rings. The van der Waals surface area contributed by atoms with E-state index < -0.39 is 5.60 Å². The van der Waals surface area contributed by atoms with Crippen molar-refractivity contribution in [2.45, 2.75) is 143 Å². The maximum atomic E-state index is 13.0. The van der Waals surface area contributed by atoms with Crippen LogP contribution in [0.1, 0.15) is 125 Å². The van der Waals surface area contributed by atoms with Gasteiger partial charge in [0.05, 0.1) is 17.3 Å². The Balaban J connectivity index is 1.18. The number of ether oxygens (including phenoxy) is 2. The highest BCUT2D eigenvalue weighted by Crippen LogP contribution is 2.76. The summed E-state index contributed by atoms with van der Waals surface area (Å²) in [5.74, 6) is 1.57. The second-order valence-electron chi connectivity index (χ2n) is 17.8. The Morgan fingerprint density at radius 3 is 2.22 bits per heavy atom. The van der Waals surface area contributed by atoms with Crippen molar-refractivity contribution in [2.24, 2.45) is 45.3 Å². The Kier molecular flexibility index (Phi) is 7.84. The van der Waals surface area contributed by atoms with Gasteiger partial charge in [-0.25, -0.2) is 4.79 Å². The number of carbonyl (C=O) groups excluding carboxylic acids is 1. The minimum Gasteiger partial charge on any atom is -0.504 e. The fourth-order valence-electron chi connectivity index (χ4n) is 12.3. The van der Waals surface area contributed by atoms with Crippen molar-refractivity contribution < 1.29 is 29.6 Å². The second-order valence-corrected chi connectivity index (χ2v) is 17.8. The summed E-state index contributed by atoms with van der Waals surface area (Å²) in [5, 5.41) is 30.1. The number of carbonyl (C=O) groups is 1. The zero-order valence-electron chi connectivity index (χ0n) is 29.0. The molecule has 6 nitrogen and oxygen atoms in total. The Labute approximate surface area is 271 Å². The van der Waals surface area contributed by atoms with Crippen molar-refractivity contribution in [1.29, 1.82) is 0 Å². The van der Waals surface area contributed by atoms with Crippen LogP contribution in [0.3, 0.4) is 0 Å². The SMILES string of the molecule is CC(C)(O)[C@@H]1CC[C@@](C)([C@H]2CC[C@]3(C)[C@@H]2CC[C@@H]2[C@@]4(C)CC[C@H](OC(=O)/C=C/c5ccc(O)c(O)c5)C(C)(C)[C@@H]4CC[C@]23C)O1. The maximum Gasteiger partial charge on any atom is 0.331 e. The van der Waals surface area contributed by atoms with Gasteiger partial charge in [-0.05, 0) is 149 Å². The molecule has 250 valence electrons. The predicted molar refractivity (Wildman–Crippen MR) is 176 cm³/mol. The zero-order valence-corrected chi connectivity index (χ0v) is 29.0. The molecule has 0 aromatic heterocycles. The van der Waals surface area contributed by atoms with Gasteiger partial charge < -0.3 is 24.8 Å². The number of aliphatic hydroxyl groups is 1. The summed E-state index contributed by atoms with van der Waals surface area (Å²) in [4.78, 5) is 13.0. The Bertz CT molecular complexity index is 1340. The zero-order chi connectivity index (χ0) is 32.8. The third kappa shape index (κ3) is 5.07. The molecule has 0 bridgehead atoms. The van der Waals surface area contributed by atoms with Gasteiger partial charge >= 0.3 is 5.97 Å². The van der Waals surface area contributed by atoms with Crippen molar-refractivity contribution in [3.05, 3.63) is 29.8 Å². The molecule has 0 radical (unpaired) electrons. The van der Waals surface area contributed by atoms with E-state index in [0.717, 1.165) is 32.1 Å². The number of rotatable bonds is 5. The van der Waals surface area contributed by atoms with E-state index in [4.69, 9.17) is 9.47 Å². The summed E-state index contributed by atoms with van der Waals surface area (Å²) in [7, 11) is 0. The minimum atomic E-state index is -0.802. The molecule has 1 aromatic carbocycles. The van der Waals surface area contributed by atoms with Gasteiger partial charge in [-0.1, -0.05) is 40.7 Å². The monoisotopic (exact) mass is 622 g/mol. The Morgan fingerprint density at radius 2 is 1.56 bits per heavy atom. The molecule has 1 aromatic rings. The van der Waals surface area contributed by atoms with Crippen LogP contribution >= 0.6 is 0 Å². The van der Waals surface area contributed by atoms with Gasteiger partial charge in [0, 0.05) is 11.5 Å². The number of esters is 1. The molecule has 1 saturated heterocycles. The maximum absolute atomic E-state index is 13.0. The lowest BCUT2D eigenvalue weighted by atomic mass is 9.35. The molecule has 45 heavy (non-hydrogen) atoms. The third-order valence-corrected chi connectivity index (χ3v) is 14.9. The first kappa shape index (κ1) is 32.9. The molecule has 0 amide bonds. The molecule has 6 heteroatoms. The molecular weight excluding hydrogens is 564 g/mol. The normalized spacial score (nSPS) is 44.3. The van der Waals surface area contributed by atoms with Gasteiger partial charge in [0.1, 0.15) is 6.10 Å². The molecule has 3 N–H and O–H groups in total. The average molecular weight is 623 g/mol. The van der Waals surface area contributed by atoms with E-state index in [1.807, 2.05) is 13.8 Å². The van der Waals surface area contributed by atoms with Crippen molar-refractivity contribution in [2.75, 3.05) is 0 Å². The Morgan fingerprint density at radius 1 is 0.844 bits per heavy atom. The fraction of sp³-hybridized carbons (Fsp3) is 0.769. The van der Waals surface area contributed by atoms with E-state index in [2.05, 4.69) is 41.5 Å². The van der Waals surface area contributed by atoms with Crippen molar-refractivity contribution in [3.8, 4) is 11.5 Å². The smallest absolute Gasteiger partial charge is 0.331 e. The topological polar surface area (TPSA) is 96.2 Å². The van der Waals surface area contributed by atoms with E-state index >= 15 is 0 Å². The number of hydrogen-bond acceptors (Lipinski definition) is 6. The number of aromatic hydroxyl groups is 2. The average Bonchev–Trinajstić information content (AvgIpc) is 3.53. The van der Waals surface area contributed by atoms with Crippen LogP contribution in [0.4, 0.5) is 0 Å². The van der Waals surface area contributed by atoms with Crippen LogP contribution in [0.15, 0.2) is 24.3 Å². The van der Waals surface area contributed by atoms with Gasteiger partial charge in [0.15, 0.2) is 11.5 Å². The first-order chi connectivity index (χ1) is 20.8. The van der Waals surface area contributed by atoms with Crippen LogP contribution in [-0.2, 0) is 14.3 Å². The van der Waals surface area contributed by atoms with Crippen LogP contribution in [0.25, 0.3) is 6.08 Å². The number of phenols is 2. The molecule has 10 atom stereocenters. The largest absolute Gasteiger partial charge is 0.504 e. The van der Waals surface area contributed by atoms with E-state index in [-0.39, 0.29) is 56.9 Å². The lowest BCUT2D eigenvalue weighted by molar-refractivity contribution is -0.230. The van der Waals surface area contributed by atoms with E-state index in [1.54, 1.807) is 12.1 Å². The van der Waals surface area contributed by atoms with Gasteiger partial charge in [-0.3, -0.25) is 0 Å². The summed E-state index contributed by atoms with van der Waals surface area (Å²) in [5.41, 5.74) is 0.273. The molecule has 5 aliphatic rings. The van der Waals surface area contributed by atoms with Crippen molar-refractivity contribution in [1.82, 2.24) is 0 Å². The first-order valence-electron chi connectivity index (χ1n) is 17.7. The summed E-state index contributed by atoms with van der Waals surface area (Å²) >= 11 is 0. The highest BCUT2D eigenvalue weighted by Gasteiger charge is 2.70. The molecule has 4 aliphatic carbocycles. The summed E-state index contributed by atoms with van der Waals surface area (Å²) in [6, 6.07) is 4.50. The van der Waals surface area contributed by atoms with Gasteiger partial charge in [0.2, 0.25) is 0 Å². The molecule has 0 spiro atoms. The standard InChI is InChI=1S/C39H58O6/c1-34(2)29-16-21-38(7)30(13-11-25-26(15-20-37(25,38)6)39(8)22-18-32(45-39)35(3,4)43)36(29,5)19-17-31(34)44-33(42)14-10-24-9-12-27(40)28(41)23-24/h9-10,12,14,23,25-26,29-32,40-41,43H,11,13,15-22H2,1-8H3/b14-10+/t25-,26+,29+,30-,31+,32+,36+,37-,38-,39+/m1/s1. The molecular formula is C39H58O6. The summed E-state index contributed by atoms with van der Waals surface area (Å²) in [6.45, 7) is 18.6. The number of phenolic OH excluding ortho intramolecular Hbond substituents is 2. The quantitative estimate of drug-likeness (QED) is 0.173. The van der Waals surface area contributed by atoms with Crippen LogP contribution in [0.2, 0.25) is 0 Å². The number of fused-ring (bicyclic) bond motifs is 5. The van der Waals surface area contributed by atoms with Crippen LogP contribution in [0.5, 0.6) is 11.5 Å². The minimum absolute atomic E-state index is 0.0844. The van der Waals surface area contributed by atoms with Gasteiger partial charge in [-0.15, -0.1) is 0 Å². The number of hydrogen-bond donors (Lipinski definition) is 3. The van der Waals surface area contributed by atoms with Gasteiger partial charge in [-0.2, -0.15) is 0 Å². The predicted octanol–water partition coefficient (Wildman–Crippen LogP) is 8.42. The molecule has 1 heterocycles. The summed E-state index contributed by atoms with van der Waals surface area (Å²) in [6.07, 6.45) is 14.1. The highest BCUT2D eigenvalue weighted by atomic mass is 16.5. The summed E-state index contributed by atoms with van der Waals surface area (Å²) < 4.78 is 12.9. The highest BCUT2D eigenvalue weighted by molar-refractivity contribution is 5.87. The van der Waals surface area contributed by atoms with Crippen molar-refractivity contribution >= 4 is 12.0 Å². The first-order valence-corrected chi connectivity index (χ1v) is 17.7. The van der Waals surface area contributed by atoms with Crippen molar-refractivity contribution in [3.63, 3.8) is 0 Å². The molecule has 4 saturated carbocycles. The van der Waals surface area contributed by atoms with E-state index in [1.165, 1.54) is 50.3 Å². The molecule has 0 unspecified atom stereocenters. The van der Waals surface area contributed by atoms with Gasteiger partial charge in [0.25, 0.3) is 0 Å². The van der Waals surface area contributed by atoms with Crippen LogP contribution in [-0.4, -0.2) is 44.7 Å².